The highest BCUT2D eigenvalue weighted by Crippen LogP contribution is 2.42. The van der Waals surface area contributed by atoms with Crippen LogP contribution >= 0.6 is 23.5 Å². The van der Waals surface area contributed by atoms with Crippen molar-refractivity contribution in [1.29, 1.82) is 0 Å². The first-order valence-electron chi connectivity index (χ1n) is 12.4. The first-order valence-corrected chi connectivity index (χ1v) is 14.1. The molecular formula is C34H30OS2. The van der Waals surface area contributed by atoms with Gasteiger partial charge < -0.3 is 4.74 Å². The van der Waals surface area contributed by atoms with E-state index in [4.69, 9.17) is 4.74 Å². The molecule has 5 rings (SSSR count). The molecule has 0 atom stereocenters. The maximum Gasteiger partial charge on any atom is 0.128 e. The Hall–Kier alpha value is -3.40. The highest BCUT2D eigenvalue weighted by atomic mass is 32.2. The molecule has 0 spiro atoms. The van der Waals surface area contributed by atoms with E-state index in [2.05, 4.69) is 136 Å². The maximum atomic E-state index is 6.47. The number of rotatable bonds is 7. The summed E-state index contributed by atoms with van der Waals surface area (Å²) >= 11 is 3.55. The Kier molecular flexibility index (Phi) is 7.73. The lowest BCUT2D eigenvalue weighted by Crippen LogP contribution is -2.23. The van der Waals surface area contributed by atoms with E-state index in [9.17, 15) is 0 Å². The first-order chi connectivity index (χ1) is 17.9. The van der Waals surface area contributed by atoms with Gasteiger partial charge in [-0.05, 0) is 92.1 Å². The fourth-order valence-corrected chi connectivity index (χ4v) is 5.80. The minimum atomic E-state index is -0.299. The van der Waals surface area contributed by atoms with Gasteiger partial charge in [0.2, 0.25) is 0 Å². The van der Waals surface area contributed by atoms with Gasteiger partial charge in [-0.2, -0.15) is 0 Å². The van der Waals surface area contributed by atoms with Crippen molar-refractivity contribution in [3.8, 4) is 28.0 Å². The number of ether oxygens (including phenoxy) is 1. The van der Waals surface area contributed by atoms with Crippen LogP contribution in [0, 0.1) is 0 Å². The zero-order valence-electron chi connectivity index (χ0n) is 21.3. The molecule has 5 aromatic rings. The van der Waals surface area contributed by atoms with Crippen molar-refractivity contribution in [2.75, 3.05) is 0 Å². The van der Waals surface area contributed by atoms with Crippen molar-refractivity contribution in [3.63, 3.8) is 0 Å². The molecule has 0 N–H and O–H groups in total. The SMILES string of the molecule is CC(C)(C)Oc1cccc(-c2ccc(Sc3ccccc3)cc2)c1-c1ccc(Sc2ccccc2)cc1. The molecule has 1 nitrogen and oxygen atoms in total. The molecule has 5 aromatic carbocycles. The van der Waals surface area contributed by atoms with E-state index in [0.717, 1.165) is 16.9 Å². The van der Waals surface area contributed by atoms with Crippen molar-refractivity contribution in [2.45, 2.75) is 46.0 Å². The molecule has 0 aliphatic carbocycles. The lowest BCUT2D eigenvalue weighted by atomic mass is 9.93. The average molecular weight is 519 g/mol. The molecule has 0 aliphatic rings. The summed E-state index contributed by atoms with van der Waals surface area (Å²) in [4.78, 5) is 4.92. The number of benzene rings is 5. The zero-order chi connectivity index (χ0) is 25.7. The highest BCUT2D eigenvalue weighted by Gasteiger charge is 2.19. The van der Waals surface area contributed by atoms with Gasteiger partial charge in [-0.3, -0.25) is 0 Å². The Morgan fingerprint density at radius 1 is 0.459 bits per heavy atom. The third-order valence-corrected chi connectivity index (χ3v) is 7.74. The monoisotopic (exact) mass is 518 g/mol. The van der Waals surface area contributed by atoms with Crippen molar-refractivity contribution < 1.29 is 4.74 Å². The topological polar surface area (TPSA) is 9.23 Å². The van der Waals surface area contributed by atoms with E-state index in [0.29, 0.717) is 0 Å². The molecule has 0 aromatic heterocycles. The van der Waals surface area contributed by atoms with E-state index >= 15 is 0 Å². The minimum Gasteiger partial charge on any atom is -0.487 e. The Labute approximate surface area is 228 Å². The third kappa shape index (κ3) is 6.68. The molecule has 0 amide bonds. The Bertz CT molecular complexity index is 1440. The van der Waals surface area contributed by atoms with Gasteiger partial charge >= 0.3 is 0 Å². The quantitative estimate of drug-likeness (QED) is 0.212. The van der Waals surface area contributed by atoms with Gasteiger partial charge in [0, 0.05) is 25.1 Å². The summed E-state index contributed by atoms with van der Waals surface area (Å²) < 4.78 is 6.47. The van der Waals surface area contributed by atoms with Crippen molar-refractivity contribution >= 4 is 23.5 Å². The van der Waals surface area contributed by atoms with Crippen LogP contribution in [0.25, 0.3) is 22.3 Å². The van der Waals surface area contributed by atoms with Crippen LogP contribution in [0.15, 0.2) is 147 Å². The van der Waals surface area contributed by atoms with Crippen molar-refractivity contribution in [2.24, 2.45) is 0 Å². The Morgan fingerprint density at radius 3 is 1.41 bits per heavy atom. The van der Waals surface area contributed by atoms with Gasteiger partial charge in [0.1, 0.15) is 11.4 Å². The van der Waals surface area contributed by atoms with Crippen LogP contribution in [0.2, 0.25) is 0 Å². The average Bonchev–Trinajstić information content (AvgIpc) is 2.90. The fraction of sp³-hybridized carbons (Fsp3) is 0.118. The summed E-state index contributed by atoms with van der Waals surface area (Å²) in [6.07, 6.45) is 0. The molecule has 3 heteroatoms. The van der Waals surface area contributed by atoms with Gasteiger partial charge in [-0.1, -0.05) is 96.3 Å². The zero-order valence-corrected chi connectivity index (χ0v) is 23.0. The van der Waals surface area contributed by atoms with Crippen LogP contribution in [0.3, 0.4) is 0 Å². The lowest BCUT2D eigenvalue weighted by molar-refractivity contribution is 0.132. The number of hydrogen-bond donors (Lipinski definition) is 0. The van der Waals surface area contributed by atoms with E-state index in [1.54, 1.807) is 23.5 Å². The van der Waals surface area contributed by atoms with Gasteiger partial charge in [0.05, 0.1) is 0 Å². The van der Waals surface area contributed by atoms with E-state index in [1.165, 1.54) is 30.7 Å². The van der Waals surface area contributed by atoms with Gasteiger partial charge in [-0.25, -0.2) is 0 Å². The predicted molar refractivity (Wildman–Crippen MR) is 159 cm³/mol. The van der Waals surface area contributed by atoms with Crippen molar-refractivity contribution in [3.05, 3.63) is 127 Å². The largest absolute Gasteiger partial charge is 0.487 e. The molecule has 0 aliphatic heterocycles. The maximum absolute atomic E-state index is 6.47. The molecule has 0 heterocycles. The Morgan fingerprint density at radius 2 is 0.919 bits per heavy atom. The van der Waals surface area contributed by atoms with Crippen LogP contribution < -0.4 is 4.74 Å². The van der Waals surface area contributed by atoms with Crippen molar-refractivity contribution in [1.82, 2.24) is 0 Å². The predicted octanol–water partition coefficient (Wildman–Crippen LogP) is 10.5. The van der Waals surface area contributed by atoms with Crippen LogP contribution in [0.1, 0.15) is 20.8 Å². The van der Waals surface area contributed by atoms with Crippen LogP contribution in [0.5, 0.6) is 5.75 Å². The second kappa shape index (κ2) is 11.3. The summed E-state index contributed by atoms with van der Waals surface area (Å²) in [5, 5.41) is 0. The second-order valence-electron chi connectivity index (χ2n) is 9.77. The molecule has 184 valence electrons. The molecule has 0 radical (unpaired) electrons. The molecule has 37 heavy (non-hydrogen) atoms. The summed E-state index contributed by atoms with van der Waals surface area (Å²) in [5.74, 6) is 0.899. The Balaban J connectivity index is 1.49. The van der Waals surface area contributed by atoms with Crippen LogP contribution in [0.4, 0.5) is 0 Å². The summed E-state index contributed by atoms with van der Waals surface area (Å²) in [7, 11) is 0. The smallest absolute Gasteiger partial charge is 0.128 e. The molecule has 0 saturated heterocycles. The molecule has 0 fully saturated rings. The summed E-state index contributed by atoms with van der Waals surface area (Å²) in [6.45, 7) is 6.29. The first kappa shape index (κ1) is 25.3. The van der Waals surface area contributed by atoms with E-state index in [-0.39, 0.29) is 5.60 Å². The molecule has 0 bridgehead atoms. The standard InChI is InChI=1S/C34H30OS2/c1-34(2,3)35-32-16-10-15-31(25-17-21-29(22-18-25)36-27-11-6-4-7-12-27)33(32)26-19-23-30(24-20-26)37-28-13-8-5-9-14-28/h4-24H,1-3H3. The normalized spacial score (nSPS) is 11.3. The third-order valence-electron chi connectivity index (χ3n) is 5.71. The van der Waals surface area contributed by atoms with E-state index in [1.807, 2.05) is 12.1 Å². The minimum absolute atomic E-state index is 0.299. The lowest BCUT2D eigenvalue weighted by Gasteiger charge is -2.25. The van der Waals surface area contributed by atoms with Gasteiger partial charge in [-0.15, -0.1) is 0 Å². The van der Waals surface area contributed by atoms with Gasteiger partial charge in [0.15, 0.2) is 0 Å². The van der Waals surface area contributed by atoms with E-state index < -0.39 is 0 Å². The summed E-state index contributed by atoms with van der Waals surface area (Å²) in [6, 6.07) is 45.0. The van der Waals surface area contributed by atoms with Crippen LogP contribution in [-0.4, -0.2) is 5.60 Å². The summed E-state index contributed by atoms with van der Waals surface area (Å²) in [5.41, 5.74) is 4.32. The highest BCUT2D eigenvalue weighted by molar-refractivity contribution is 7.99. The van der Waals surface area contributed by atoms with Crippen LogP contribution in [-0.2, 0) is 0 Å². The molecule has 0 saturated carbocycles. The molecule has 0 unspecified atom stereocenters. The molecular weight excluding hydrogens is 489 g/mol. The second-order valence-corrected chi connectivity index (χ2v) is 12.1. The number of hydrogen-bond acceptors (Lipinski definition) is 3. The van der Waals surface area contributed by atoms with Gasteiger partial charge in [0.25, 0.3) is 0 Å². The fourth-order valence-electron chi connectivity index (χ4n) is 4.13.